The molecule has 0 heterocycles. The summed E-state index contributed by atoms with van der Waals surface area (Å²) < 4.78 is 120. The molecular weight excluding hydrogens is 339 g/mol. The summed E-state index contributed by atoms with van der Waals surface area (Å²) >= 11 is 0. The van der Waals surface area contributed by atoms with Gasteiger partial charge in [-0.3, -0.25) is 0 Å². The van der Waals surface area contributed by atoms with Crippen LogP contribution in [0.15, 0.2) is 0 Å². The minimum atomic E-state index is -2.47. The predicted molar refractivity (Wildman–Crippen MR) is 60.0 cm³/mol. The van der Waals surface area contributed by atoms with Gasteiger partial charge in [-0.2, -0.15) is 0 Å². The van der Waals surface area contributed by atoms with Crippen LogP contribution in [0.4, 0.5) is 39.5 Å². The Bertz CT molecular complexity index is 685. The van der Waals surface area contributed by atoms with E-state index in [2.05, 4.69) is 0 Å². The second-order valence-electron chi connectivity index (χ2n) is 4.58. The molecule has 0 saturated heterocycles. The minimum absolute atomic E-state index is 0.707. The van der Waals surface area contributed by atoms with E-state index in [1.807, 2.05) is 0 Å². The summed E-state index contributed by atoms with van der Waals surface area (Å²) in [5.41, 5.74) is -4.13. The number of hydrogen-bond acceptors (Lipinski definition) is 0. The van der Waals surface area contributed by atoms with Crippen LogP contribution < -0.4 is 0 Å². The van der Waals surface area contributed by atoms with Crippen LogP contribution in [0.2, 0.25) is 0 Å². The fraction of sp³-hybridized carbons (Fsp3) is 0.143. The molecule has 0 unspecified atom stereocenters. The molecule has 0 nitrogen and oxygen atoms in total. The predicted octanol–water partition coefficient (Wildman–Crippen LogP) is 4.84. The Hall–Kier alpha value is -2.19. The van der Waals surface area contributed by atoms with Crippen LogP contribution in [-0.4, -0.2) is 0 Å². The summed E-state index contributed by atoms with van der Waals surface area (Å²) in [5, 5.41) is 0. The van der Waals surface area contributed by atoms with E-state index in [1.54, 1.807) is 0 Å². The zero-order valence-corrected chi connectivity index (χ0v) is 11.1. The summed E-state index contributed by atoms with van der Waals surface area (Å²) in [4.78, 5) is 0. The van der Waals surface area contributed by atoms with Crippen molar-refractivity contribution in [3.63, 3.8) is 0 Å². The van der Waals surface area contributed by atoms with Crippen LogP contribution >= 0.6 is 0 Å². The molecule has 9 heteroatoms. The lowest BCUT2D eigenvalue weighted by Gasteiger charge is -2.12. The average molecular weight is 344 g/mol. The second kappa shape index (κ2) is 5.78. The summed E-state index contributed by atoms with van der Waals surface area (Å²) in [6, 6.07) is 0. The van der Waals surface area contributed by atoms with Gasteiger partial charge in [-0.1, -0.05) is 0 Å². The molecule has 0 radical (unpaired) electrons. The van der Waals surface area contributed by atoms with E-state index in [0.29, 0.717) is 6.92 Å². The first-order valence-corrected chi connectivity index (χ1v) is 5.91. The smallest absolute Gasteiger partial charge is 0.200 e. The standard InChI is InChI=1S/C14H5F9/c1-3-6(15)8(17)4(9(18)7(3)16)2-5-10(19)12(21)14(23)13(22)11(5)20/h2H2,1H3. The molecule has 0 fully saturated rings. The Morgan fingerprint density at radius 3 is 1.04 bits per heavy atom. The number of hydrogen-bond donors (Lipinski definition) is 0. The maximum Gasteiger partial charge on any atom is 0.200 e. The maximum atomic E-state index is 13.6. The monoisotopic (exact) mass is 344 g/mol. The van der Waals surface area contributed by atoms with Crippen molar-refractivity contribution in [2.45, 2.75) is 13.3 Å². The van der Waals surface area contributed by atoms with E-state index in [-0.39, 0.29) is 0 Å². The van der Waals surface area contributed by atoms with Crippen molar-refractivity contribution in [2.75, 3.05) is 0 Å². The molecule has 2 aromatic rings. The van der Waals surface area contributed by atoms with Crippen molar-refractivity contribution in [1.29, 1.82) is 0 Å². The third kappa shape index (κ3) is 2.53. The first-order chi connectivity index (χ1) is 10.6. The normalized spacial score (nSPS) is 11.2. The van der Waals surface area contributed by atoms with Crippen LogP contribution in [0.25, 0.3) is 0 Å². The van der Waals surface area contributed by atoms with Gasteiger partial charge < -0.3 is 0 Å². The van der Waals surface area contributed by atoms with Crippen LogP contribution in [0.1, 0.15) is 16.7 Å². The molecule has 0 aliphatic rings. The Kier molecular flexibility index (Phi) is 4.32. The number of benzene rings is 2. The fourth-order valence-corrected chi connectivity index (χ4v) is 1.92. The molecule has 0 bridgehead atoms. The van der Waals surface area contributed by atoms with Gasteiger partial charge in [0, 0.05) is 23.1 Å². The quantitative estimate of drug-likeness (QED) is 0.416. The van der Waals surface area contributed by atoms with E-state index >= 15 is 0 Å². The molecule has 0 atom stereocenters. The van der Waals surface area contributed by atoms with Crippen LogP contribution in [0, 0.1) is 59.3 Å². The molecule has 0 aliphatic heterocycles. The van der Waals surface area contributed by atoms with E-state index in [0.717, 1.165) is 0 Å². The van der Waals surface area contributed by atoms with E-state index in [9.17, 15) is 39.5 Å². The van der Waals surface area contributed by atoms with Gasteiger partial charge in [0.15, 0.2) is 46.5 Å². The summed E-state index contributed by atoms with van der Waals surface area (Å²) in [5.74, 6) is -19.5. The molecule has 0 aromatic heterocycles. The molecule has 0 aliphatic carbocycles. The summed E-state index contributed by atoms with van der Waals surface area (Å²) in [6.45, 7) is 0.707. The summed E-state index contributed by atoms with van der Waals surface area (Å²) in [6.07, 6.45) is -1.57. The first-order valence-electron chi connectivity index (χ1n) is 5.91. The Morgan fingerprint density at radius 2 is 0.696 bits per heavy atom. The highest BCUT2D eigenvalue weighted by molar-refractivity contribution is 5.35. The van der Waals surface area contributed by atoms with Gasteiger partial charge in [0.2, 0.25) is 5.82 Å². The average Bonchev–Trinajstić information content (AvgIpc) is 2.54. The topological polar surface area (TPSA) is 0 Å². The summed E-state index contributed by atoms with van der Waals surface area (Å²) in [7, 11) is 0. The highest BCUT2D eigenvalue weighted by Gasteiger charge is 2.29. The number of rotatable bonds is 2. The zero-order valence-electron chi connectivity index (χ0n) is 11.1. The lowest BCUT2D eigenvalue weighted by atomic mass is 10.00. The molecule has 124 valence electrons. The maximum absolute atomic E-state index is 13.6. The van der Waals surface area contributed by atoms with Gasteiger partial charge >= 0.3 is 0 Å². The second-order valence-corrected chi connectivity index (χ2v) is 4.58. The lowest BCUT2D eigenvalue weighted by Crippen LogP contribution is -2.12. The van der Waals surface area contributed by atoms with E-state index < -0.39 is 75.5 Å². The third-order valence-electron chi connectivity index (χ3n) is 3.23. The van der Waals surface area contributed by atoms with Crippen molar-refractivity contribution in [3.8, 4) is 0 Å². The van der Waals surface area contributed by atoms with Gasteiger partial charge in [0.25, 0.3) is 0 Å². The first kappa shape index (κ1) is 17.2. The minimum Gasteiger partial charge on any atom is -0.203 e. The van der Waals surface area contributed by atoms with Crippen molar-refractivity contribution < 1.29 is 39.5 Å². The highest BCUT2D eigenvalue weighted by atomic mass is 19.2. The molecule has 2 rings (SSSR count). The van der Waals surface area contributed by atoms with Crippen molar-refractivity contribution in [3.05, 3.63) is 69.0 Å². The largest absolute Gasteiger partial charge is 0.203 e. The van der Waals surface area contributed by atoms with Gasteiger partial charge in [-0.05, 0) is 6.92 Å². The van der Waals surface area contributed by atoms with Crippen molar-refractivity contribution >= 4 is 0 Å². The van der Waals surface area contributed by atoms with Gasteiger partial charge in [-0.15, -0.1) is 0 Å². The zero-order chi connectivity index (χ0) is 17.6. The Balaban J connectivity index is 2.71. The Labute approximate surface area is 123 Å². The van der Waals surface area contributed by atoms with Gasteiger partial charge in [-0.25, -0.2) is 39.5 Å². The van der Waals surface area contributed by atoms with Crippen LogP contribution in [0.5, 0.6) is 0 Å². The SMILES string of the molecule is Cc1c(F)c(F)c(Cc2c(F)c(F)c(F)c(F)c2F)c(F)c1F. The molecule has 0 N–H and O–H groups in total. The molecule has 0 amide bonds. The van der Waals surface area contributed by atoms with Crippen LogP contribution in [0.3, 0.4) is 0 Å². The molecule has 2 aromatic carbocycles. The molecular formula is C14H5F9. The van der Waals surface area contributed by atoms with Crippen molar-refractivity contribution in [1.82, 2.24) is 0 Å². The third-order valence-corrected chi connectivity index (χ3v) is 3.23. The van der Waals surface area contributed by atoms with Crippen LogP contribution in [-0.2, 0) is 6.42 Å². The van der Waals surface area contributed by atoms with Crippen molar-refractivity contribution in [2.24, 2.45) is 0 Å². The van der Waals surface area contributed by atoms with E-state index in [1.165, 1.54) is 0 Å². The van der Waals surface area contributed by atoms with Gasteiger partial charge in [0.05, 0.1) is 0 Å². The molecule has 0 saturated carbocycles. The van der Waals surface area contributed by atoms with E-state index in [4.69, 9.17) is 0 Å². The highest BCUT2D eigenvalue weighted by Crippen LogP contribution is 2.29. The number of halogens is 9. The Morgan fingerprint density at radius 1 is 0.435 bits per heavy atom. The fourth-order valence-electron chi connectivity index (χ4n) is 1.92. The molecule has 23 heavy (non-hydrogen) atoms. The van der Waals surface area contributed by atoms with Gasteiger partial charge in [0.1, 0.15) is 0 Å². The molecule has 0 spiro atoms. The lowest BCUT2D eigenvalue weighted by molar-refractivity contribution is 0.369.